The molecule has 13 heavy (non-hydrogen) atoms. The van der Waals surface area contributed by atoms with Crippen LogP contribution in [0.4, 0.5) is 0 Å². The Bertz CT molecular complexity index is 228. The first-order valence-corrected chi connectivity index (χ1v) is 4.77. The molecule has 1 rings (SSSR count). The largest absolute Gasteiger partial charge is 0.459 e. The minimum Gasteiger partial charge on any atom is -0.459 e. The number of allylic oxidation sites excluding steroid dienone is 1. The molecule has 2 heteroatoms. The van der Waals surface area contributed by atoms with Crippen molar-refractivity contribution in [3.05, 3.63) is 24.3 Å². The number of rotatable bonds is 3. The normalized spacial score (nSPS) is 21.2. The monoisotopic (exact) mass is 180 g/mol. The predicted octanol–water partition coefficient (Wildman–Crippen LogP) is 2.60. The Labute approximate surface area is 79.3 Å². The molecule has 0 aromatic carbocycles. The fraction of sp³-hybridized carbons (Fsp3) is 0.545. The fourth-order valence-electron chi connectivity index (χ4n) is 1.25. The van der Waals surface area contributed by atoms with Gasteiger partial charge in [0, 0.05) is 12.0 Å². The molecular formula is C11H16O2. The standard InChI is InChI=1S/C11H16O2/c1-3-9(2)11(12)13-10-7-5-4-6-8-10/h4-5,10H,2-3,6-8H2,1H3. The van der Waals surface area contributed by atoms with E-state index in [4.69, 9.17) is 4.74 Å². The zero-order chi connectivity index (χ0) is 9.68. The zero-order valence-corrected chi connectivity index (χ0v) is 8.08. The first-order valence-electron chi connectivity index (χ1n) is 4.77. The highest BCUT2D eigenvalue weighted by molar-refractivity contribution is 5.87. The molecule has 2 nitrogen and oxygen atoms in total. The van der Waals surface area contributed by atoms with Crippen molar-refractivity contribution in [2.45, 2.75) is 38.7 Å². The van der Waals surface area contributed by atoms with Crippen LogP contribution < -0.4 is 0 Å². The van der Waals surface area contributed by atoms with Crippen LogP contribution in [-0.4, -0.2) is 12.1 Å². The van der Waals surface area contributed by atoms with E-state index in [0.717, 1.165) is 19.3 Å². The maximum atomic E-state index is 11.3. The third-order valence-corrected chi connectivity index (χ3v) is 2.21. The number of esters is 1. The first kappa shape index (κ1) is 10.0. The van der Waals surface area contributed by atoms with Gasteiger partial charge in [-0.2, -0.15) is 0 Å². The molecule has 0 aliphatic heterocycles. The Morgan fingerprint density at radius 1 is 1.62 bits per heavy atom. The van der Waals surface area contributed by atoms with E-state index in [1.54, 1.807) is 0 Å². The van der Waals surface area contributed by atoms with Crippen LogP contribution >= 0.6 is 0 Å². The van der Waals surface area contributed by atoms with Gasteiger partial charge < -0.3 is 4.74 Å². The lowest BCUT2D eigenvalue weighted by Gasteiger charge is -2.18. The molecule has 1 unspecified atom stereocenters. The van der Waals surface area contributed by atoms with E-state index >= 15 is 0 Å². The number of carbonyl (C=O) groups excluding carboxylic acids is 1. The van der Waals surface area contributed by atoms with Gasteiger partial charge in [0.15, 0.2) is 0 Å². The van der Waals surface area contributed by atoms with Crippen LogP contribution in [0.25, 0.3) is 0 Å². The van der Waals surface area contributed by atoms with Gasteiger partial charge in [-0.3, -0.25) is 0 Å². The average molecular weight is 180 g/mol. The van der Waals surface area contributed by atoms with Gasteiger partial charge in [-0.05, 0) is 19.3 Å². The SMILES string of the molecule is C=C(CC)C(=O)OC1CC=CCC1. The van der Waals surface area contributed by atoms with Gasteiger partial charge in [0.25, 0.3) is 0 Å². The molecule has 0 heterocycles. The fourth-order valence-corrected chi connectivity index (χ4v) is 1.25. The molecule has 0 amide bonds. The third-order valence-electron chi connectivity index (χ3n) is 2.21. The molecule has 0 N–H and O–H groups in total. The quantitative estimate of drug-likeness (QED) is 0.379. The van der Waals surface area contributed by atoms with E-state index < -0.39 is 0 Å². The Morgan fingerprint density at radius 2 is 2.38 bits per heavy atom. The maximum absolute atomic E-state index is 11.3. The maximum Gasteiger partial charge on any atom is 0.333 e. The lowest BCUT2D eigenvalue weighted by Crippen LogP contribution is -2.19. The molecule has 0 spiro atoms. The van der Waals surface area contributed by atoms with Gasteiger partial charge in [-0.15, -0.1) is 0 Å². The highest BCUT2D eigenvalue weighted by atomic mass is 16.5. The minimum atomic E-state index is -0.234. The van der Waals surface area contributed by atoms with Gasteiger partial charge in [-0.1, -0.05) is 25.7 Å². The molecule has 0 fully saturated rings. The molecule has 0 aromatic heterocycles. The molecule has 0 aromatic rings. The van der Waals surface area contributed by atoms with E-state index in [1.807, 2.05) is 6.92 Å². The summed E-state index contributed by atoms with van der Waals surface area (Å²) in [5.41, 5.74) is 0.564. The first-order chi connectivity index (χ1) is 6.24. The second-order valence-electron chi connectivity index (χ2n) is 3.27. The zero-order valence-electron chi connectivity index (χ0n) is 8.08. The summed E-state index contributed by atoms with van der Waals surface area (Å²) in [6.45, 7) is 5.55. The van der Waals surface area contributed by atoms with Crippen molar-refractivity contribution in [1.29, 1.82) is 0 Å². The smallest absolute Gasteiger partial charge is 0.333 e. The van der Waals surface area contributed by atoms with Crippen LogP contribution in [0.15, 0.2) is 24.3 Å². The molecule has 0 bridgehead atoms. The van der Waals surface area contributed by atoms with E-state index in [-0.39, 0.29) is 12.1 Å². The molecular weight excluding hydrogens is 164 g/mol. The summed E-state index contributed by atoms with van der Waals surface area (Å²) in [6.07, 6.45) is 7.73. The van der Waals surface area contributed by atoms with E-state index in [0.29, 0.717) is 12.0 Å². The van der Waals surface area contributed by atoms with Crippen LogP contribution in [0, 0.1) is 0 Å². The van der Waals surface area contributed by atoms with Gasteiger partial charge in [0.05, 0.1) is 0 Å². The van der Waals surface area contributed by atoms with Crippen molar-refractivity contribution in [3.8, 4) is 0 Å². The average Bonchev–Trinajstić information content (AvgIpc) is 2.18. The van der Waals surface area contributed by atoms with Crippen LogP contribution in [0.1, 0.15) is 32.6 Å². The Morgan fingerprint density at radius 3 is 2.92 bits per heavy atom. The molecule has 1 aliphatic carbocycles. The third kappa shape index (κ3) is 3.05. The van der Waals surface area contributed by atoms with Crippen LogP contribution in [0.2, 0.25) is 0 Å². The Kier molecular flexibility index (Phi) is 3.74. The number of carbonyl (C=O) groups is 1. The van der Waals surface area contributed by atoms with Gasteiger partial charge in [0.1, 0.15) is 6.10 Å². The summed E-state index contributed by atoms with van der Waals surface area (Å²) in [4.78, 5) is 11.3. The van der Waals surface area contributed by atoms with Crippen molar-refractivity contribution in [3.63, 3.8) is 0 Å². The highest BCUT2D eigenvalue weighted by Crippen LogP contribution is 2.16. The van der Waals surface area contributed by atoms with Crippen LogP contribution in [-0.2, 0) is 9.53 Å². The molecule has 0 radical (unpaired) electrons. The lowest BCUT2D eigenvalue weighted by molar-refractivity contribution is -0.144. The lowest BCUT2D eigenvalue weighted by atomic mass is 10.0. The van der Waals surface area contributed by atoms with Crippen molar-refractivity contribution in [2.24, 2.45) is 0 Å². The van der Waals surface area contributed by atoms with Crippen LogP contribution in [0.5, 0.6) is 0 Å². The van der Waals surface area contributed by atoms with Crippen molar-refractivity contribution < 1.29 is 9.53 Å². The van der Waals surface area contributed by atoms with Crippen molar-refractivity contribution >= 4 is 5.97 Å². The van der Waals surface area contributed by atoms with E-state index in [2.05, 4.69) is 18.7 Å². The molecule has 0 saturated carbocycles. The highest BCUT2D eigenvalue weighted by Gasteiger charge is 2.15. The number of ether oxygens (including phenoxy) is 1. The second-order valence-corrected chi connectivity index (χ2v) is 3.27. The molecule has 0 saturated heterocycles. The van der Waals surface area contributed by atoms with Gasteiger partial charge >= 0.3 is 5.97 Å². The minimum absolute atomic E-state index is 0.0702. The van der Waals surface area contributed by atoms with Gasteiger partial charge in [-0.25, -0.2) is 4.79 Å². The second kappa shape index (κ2) is 4.85. The van der Waals surface area contributed by atoms with Gasteiger partial charge in [0.2, 0.25) is 0 Å². The topological polar surface area (TPSA) is 26.3 Å². The number of hydrogen-bond acceptors (Lipinski definition) is 2. The summed E-state index contributed by atoms with van der Waals surface area (Å²) in [6, 6.07) is 0. The predicted molar refractivity (Wildman–Crippen MR) is 52.3 cm³/mol. The Balaban J connectivity index is 2.35. The molecule has 1 atom stereocenters. The van der Waals surface area contributed by atoms with Crippen molar-refractivity contribution in [2.75, 3.05) is 0 Å². The summed E-state index contributed by atoms with van der Waals surface area (Å²) >= 11 is 0. The van der Waals surface area contributed by atoms with Crippen molar-refractivity contribution in [1.82, 2.24) is 0 Å². The summed E-state index contributed by atoms with van der Waals surface area (Å²) in [5.74, 6) is -0.234. The van der Waals surface area contributed by atoms with E-state index in [9.17, 15) is 4.79 Å². The number of hydrogen-bond donors (Lipinski definition) is 0. The Hall–Kier alpha value is -1.05. The molecule has 72 valence electrons. The summed E-state index contributed by atoms with van der Waals surface area (Å²) in [5, 5.41) is 0. The van der Waals surface area contributed by atoms with Crippen LogP contribution in [0.3, 0.4) is 0 Å². The van der Waals surface area contributed by atoms with E-state index in [1.165, 1.54) is 0 Å². The molecule has 1 aliphatic rings. The summed E-state index contributed by atoms with van der Waals surface area (Å²) in [7, 11) is 0. The summed E-state index contributed by atoms with van der Waals surface area (Å²) < 4.78 is 5.25.